The number of aromatic hydroxyl groups is 1. The van der Waals surface area contributed by atoms with E-state index in [1.165, 1.54) is 24.3 Å². The van der Waals surface area contributed by atoms with Gasteiger partial charge < -0.3 is 19.5 Å². The van der Waals surface area contributed by atoms with E-state index >= 15 is 0 Å². The molecule has 0 atom stereocenters. The van der Waals surface area contributed by atoms with Gasteiger partial charge in [-0.2, -0.15) is 18.4 Å². The van der Waals surface area contributed by atoms with Gasteiger partial charge in [0.25, 0.3) is 5.91 Å². The van der Waals surface area contributed by atoms with Gasteiger partial charge in [-0.3, -0.25) is 9.69 Å². The van der Waals surface area contributed by atoms with Gasteiger partial charge in [-0.05, 0) is 55.0 Å². The molecular formula is C30H26F3N3O4. The summed E-state index contributed by atoms with van der Waals surface area (Å²) in [6.45, 7) is 6.05. The molecule has 1 saturated heterocycles. The zero-order chi connectivity index (χ0) is 28.4. The molecule has 3 aromatic carbocycles. The Kier molecular flexibility index (Phi) is 7.52. The van der Waals surface area contributed by atoms with Gasteiger partial charge >= 0.3 is 6.18 Å². The number of rotatable bonds is 6. The lowest BCUT2D eigenvalue weighted by Gasteiger charge is -2.28. The van der Waals surface area contributed by atoms with Crippen molar-refractivity contribution in [1.29, 1.82) is 5.26 Å². The van der Waals surface area contributed by atoms with Crippen LogP contribution in [0, 0.1) is 18.3 Å². The fourth-order valence-electron chi connectivity index (χ4n) is 4.91. The van der Waals surface area contributed by atoms with Crippen molar-refractivity contribution in [3.05, 3.63) is 82.4 Å². The highest BCUT2D eigenvalue weighted by Gasteiger charge is 2.36. The Morgan fingerprint density at radius 3 is 2.58 bits per heavy atom. The SMILES string of the molecule is Cc1cccc2c1C(=Cc1ccc(Oc3ccc(C#N)cc3C(F)(F)F)cc1O)C(=O)N2CCN1CCOCC1. The molecule has 1 fully saturated rings. The van der Waals surface area contributed by atoms with Crippen molar-refractivity contribution in [3.8, 4) is 23.3 Å². The van der Waals surface area contributed by atoms with Crippen LogP contribution < -0.4 is 9.64 Å². The van der Waals surface area contributed by atoms with Crippen molar-refractivity contribution in [2.24, 2.45) is 0 Å². The first-order chi connectivity index (χ1) is 19.2. The van der Waals surface area contributed by atoms with Crippen LogP contribution in [0.3, 0.4) is 0 Å². The number of halogens is 3. The molecule has 0 aromatic heterocycles. The Hall–Kier alpha value is -4.33. The molecule has 40 heavy (non-hydrogen) atoms. The Morgan fingerprint density at radius 2 is 1.88 bits per heavy atom. The molecule has 1 amide bonds. The van der Waals surface area contributed by atoms with Crippen LogP contribution in [-0.2, 0) is 15.7 Å². The van der Waals surface area contributed by atoms with Crippen LogP contribution in [0.15, 0.2) is 54.6 Å². The summed E-state index contributed by atoms with van der Waals surface area (Å²) in [5.41, 5.74) is 1.97. The maximum atomic E-state index is 13.6. The zero-order valence-electron chi connectivity index (χ0n) is 21.7. The van der Waals surface area contributed by atoms with Crippen molar-refractivity contribution >= 4 is 23.2 Å². The van der Waals surface area contributed by atoms with E-state index in [0.29, 0.717) is 43.5 Å². The monoisotopic (exact) mass is 549 g/mol. The quantitative estimate of drug-likeness (QED) is 0.403. The first kappa shape index (κ1) is 27.2. The van der Waals surface area contributed by atoms with E-state index in [2.05, 4.69) is 4.90 Å². The topological polar surface area (TPSA) is 86.0 Å². The fraction of sp³-hybridized carbons (Fsp3) is 0.267. The van der Waals surface area contributed by atoms with Gasteiger partial charge in [-0.1, -0.05) is 12.1 Å². The lowest BCUT2D eigenvalue weighted by Crippen LogP contribution is -2.42. The smallest absolute Gasteiger partial charge is 0.420 e. The summed E-state index contributed by atoms with van der Waals surface area (Å²) >= 11 is 0. The third-order valence-electron chi connectivity index (χ3n) is 6.97. The van der Waals surface area contributed by atoms with Crippen LogP contribution >= 0.6 is 0 Å². The summed E-state index contributed by atoms with van der Waals surface area (Å²) in [7, 11) is 0. The highest BCUT2D eigenvalue weighted by molar-refractivity contribution is 6.36. The summed E-state index contributed by atoms with van der Waals surface area (Å²) in [5, 5.41) is 19.7. The Bertz CT molecular complexity index is 1520. The number of carbonyl (C=O) groups excluding carboxylic acids is 1. The molecule has 2 heterocycles. The number of carbonyl (C=O) groups is 1. The largest absolute Gasteiger partial charge is 0.507 e. The van der Waals surface area contributed by atoms with Gasteiger partial charge in [0.1, 0.15) is 17.2 Å². The second-order valence-corrected chi connectivity index (χ2v) is 9.58. The predicted molar refractivity (Wildman–Crippen MR) is 143 cm³/mol. The van der Waals surface area contributed by atoms with Crippen LogP contribution in [0.1, 0.15) is 27.8 Å². The summed E-state index contributed by atoms with van der Waals surface area (Å²) in [5.74, 6) is -0.980. The lowest BCUT2D eigenvalue weighted by molar-refractivity contribution is -0.138. The van der Waals surface area contributed by atoms with Gasteiger partial charge in [-0.25, -0.2) is 0 Å². The summed E-state index contributed by atoms with van der Waals surface area (Å²) in [4.78, 5) is 17.6. The second kappa shape index (κ2) is 11.0. The molecule has 0 bridgehead atoms. The molecular weight excluding hydrogens is 523 g/mol. The van der Waals surface area contributed by atoms with Crippen molar-refractivity contribution in [1.82, 2.24) is 4.90 Å². The average Bonchev–Trinajstić information content (AvgIpc) is 3.20. The predicted octanol–water partition coefficient (Wildman–Crippen LogP) is 5.60. The van der Waals surface area contributed by atoms with E-state index in [-0.39, 0.29) is 23.0 Å². The molecule has 0 saturated carbocycles. The Balaban J connectivity index is 1.42. The number of phenols is 1. The van der Waals surface area contributed by atoms with Crippen molar-refractivity contribution in [2.45, 2.75) is 13.1 Å². The van der Waals surface area contributed by atoms with Gasteiger partial charge in [-0.15, -0.1) is 0 Å². The number of nitriles is 1. The number of aryl methyl sites for hydroxylation is 1. The van der Waals surface area contributed by atoms with Gasteiger partial charge in [0.05, 0.1) is 41.7 Å². The molecule has 10 heteroatoms. The minimum absolute atomic E-state index is 0.0312. The summed E-state index contributed by atoms with van der Waals surface area (Å²) in [6, 6.07) is 14.5. The van der Waals surface area contributed by atoms with Crippen LogP contribution in [0.2, 0.25) is 0 Å². The van der Waals surface area contributed by atoms with E-state index in [0.717, 1.165) is 36.0 Å². The molecule has 0 spiro atoms. The number of ether oxygens (including phenoxy) is 2. The molecule has 0 aliphatic carbocycles. The lowest BCUT2D eigenvalue weighted by atomic mass is 9.99. The van der Waals surface area contributed by atoms with Crippen molar-refractivity contribution in [3.63, 3.8) is 0 Å². The number of benzene rings is 3. The van der Waals surface area contributed by atoms with Crippen LogP contribution in [0.5, 0.6) is 17.2 Å². The van der Waals surface area contributed by atoms with E-state index in [4.69, 9.17) is 14.7 Å². The van der Waals surface area contributed by atoms with E-state index in [1.54, 1.807) is 17.0 Å². The molecule has 3 aromatic rings. The van der Waals surface area contributed by atoms with Gasteiger partial charge in [0.15, 0.2) is 0 Å². The van der Waals surface area contributed by atoms with Crippen molar-refractivity contribution in [2.75, 3.05) is 44.3 Å². The summed E-state index contributed by atoms with van der Waals surface area (Å²) < 4.78 is 51.4. The van der Waals surface area contributed by atoms with Gasteiger partial charge in [0, 0.05) is 43.4 Å². The van der Waals surface area contributed by atoms with Gasteiger partial charge in [0.2, 0.25) is 0 Å². The minimum atomic E-state index is -4.74. The first-order valence-corrected chi connectivity index (χ1v) is 12.7. The fourth-order valence-corrected chi connectivity index (χ4v) is 4.91. The minimum Gasteiger partial charge on any atom is -0.507 e. The highest BCUT2D eigenvalue weighted by atomic mass is 19.4. The maximum Gasteiger partial charge on any atom is 0.420 e. The highest BCUT2D eigenvalue weighted by Crippen LogP contribution is 2.42. The van der Waals surface area contributed by atoms with E-state index in [1.807, 2.05) is 25.1 Å². The molecule has 0 radical (unpaired) electrons. The van der Waals surface area contributed by atoms with E-state index in [9.17, 15) is 23.1 Å². The van der Waals surface area contributed by atoms with Crippen molar-refractivity contribution < 1.29 is 32.5 Å². The number of phenolic OH excluding ortho intramolecular Hbond substituents is 1. The third kappa shape index (κ3) is 5.52. The number of amides is 1. The second-order valence-electron chi connectivity index (χ2n) is 9.58. The number of alkyl halides is 3. The standard InChI is InChI=1S/C30H26F3N3O4/c1-19-3-2-4-25-28(19)23(29(38)36(25)10-9-35-11-13-39-14-12-35)16-21-6-7-22(17-26(21)37)40-27-8-5-20(18-34)15-24(27)30(31,32)33/h2-8,15-17,37H,9-14H2,1H3. The number of hydrogen-bond donors (Lipinski definition) is 1. The molecule has 5 rings (SSSR count). The third-order valence-corrected chi connectivity index (χ3v) is 6.97. The number of nitrogens with zero attached hydrogens (tertiary/aromatic N) is 3. The number of fused-ring (bicyclic) bond motifs is 1. The molecule has 1 N–H and O–H groups in total. The zero-order valence-corrected chi connectivity index (χ0v) is 21.7. The Morgan fingerprint density at radius 1 is 1.10 bits per heavy atom. The Labute approximate surface area is 229 Å². The first-order valence-electron chi connectivity index (χ1n) is 12.7. The summed E-state index contributed by atoms with van der Waals surface area (Å²) in [6.07, 6.45) is -3.15. The molecule has 7 nitrogen and oxygen atoms in total. The van der Waals surface area contributed by atoms with Crippen LogP contribution in [-0.4, -0.2) is 55.3 Å². The molecule has 2 aliphatic heterocycles. The normalized spacial score (nSPS) is 16.7. The molecule has 0 unspecified atom stereocenters. The molecule has 206 valence electrons. The van der Waals surface area contributed by atoms with E-state index < -0.39 is 17.5 Å². The molecule has 2 aliphatic rings. The number of morpholine rings is 1. The number of anilines is 1. The van der Waals surface area contributed by atoms with Crippen LogP contribution in [0.25, 0.3) is 11.6 Å². The maximum absolute atomic E-state index is 13.6. The van der Waals surface area contributed by atoms with Crippen LogP contribution in [0.4, 0.5) is 18.9 Å². The average molecular weight is 550 g/mol. The number of hydrogen-bond acceptors (Lipinski definition) is 6.